The monoisotopic (exact) mass is 252 g/mol. The van der Waals surface area contributed by atoms with Crippen LogP contribution < -0.4 is 4.74 Å². The SMILES string of the molecule is COc1ccc(-c2cnc3cc(C=O)ccn23)cc1. The van der Waals surface area contributed by atoms with Crippen LogP contribution in [0.2, 0.25) is 0 Å². The normalized spacial score (nSPS) is 10.6. The molecule has 0 aliphatic carbocycles. The summed E-state index contributed by atoms with van der Waals surface area (Å²) in [5, 5.41) is 0. The number of imidazole rings is 1. The maximum atomic E-state index is 10.7. The Kier molecular flexibility index (Phi) is 2.76. The summed E-state index contributed by atoms with van der Waals surface area (Å²) in [5.41, 5.74) is 3.41. The van der Waals surface area contributed by atoms with Crippen molar-refractivity contribution in [2.24, 2.45) is 0 Å². The number of rotatable bonds is 3. The highest BCUT2D eigenvalue weighted by Gasteiger charge is 2.06. The van der Waals surface area contributed by atoms with Crippen LogP contribution in [0.4, 0.5) is 0 Å². The number of aromatic nitrogens is 2. The lowest BCUT2D eigenvalue weighted by Gasteiger charge is -2.04. The highest BCUT2D eigenvalue weighted by molar-refractivity contribution is 5.77. The van der Waals surface area contributed by atoms with Crippen molar-refractivity contribution < 1.29 is 9.53 Å². The van der Waals surface area contributed by atoms with Gasteiger partial charge in [-0.05, 0) is 36.4 Å². The molecule has 4 heteroatoms. The van der Waals surface area contributed by atoms with E-state index in [0.29, 0.717) is 5.56 Å². The maximum Gasteiger partial charge on any atom is 0.150 e. The van der Waals surface area contributed by atoms with Crippen molar-refractivity contribution in [3.8, 4) is 17.0 Å². The van der Waals surface area contributed by atoms with Gasteiger partial charge in [-0.15, -0.1) is 0 Å². The van der Waals surface area contributed by atoms with E-state index in [1.807, 2.05) is 34.9 Å². The molecule has 3 rings (SSSR count). The predicted octanol–water partition coefficient (Wildman–Crippen LogP) is 2.82. The van der Waals surface area contributed by atoms with E-state index in [-0.39, 0.29) is 0 Å². The Morgan fingerprint density at radius 3 is 2.68 bits per heavy atom. The van der Waals surface area contributed by atoms with Crippen LogP contribution in [0.1, 0.15) is 10.4 Å². The molecule has 94 valence electrons. The number of methoxy groups -OCH3 is 1. The van der Waals surface area contributed by atoms with Gasteiger partial charge in [0.15, 0.2) is 0 Å². The van der Waals surface area contributed by atoms with Crippen molar-refractivity contribution >= 4 is 11.9 Å². The molecule has 0 unspecified atom stereocenters. The van der Waals surface area contributed by atoms with Gasteiger partial charge in [-0.3, -0.25) is 9.20 Å². The van der Waals surface area contributed by atoms with Crippen molar-refractivity contribution in [2.75, 3.05) is 7.11 Å². The average molecular weight is 252 g/mol. The lowest BCUT2D eigenvalue weighted by Crippen LogP contribution is -1.90. The molecule has 2 aromatic heterocycles. The van der Waals surface area contributed by atoms with Gasteiger partial charge in [-0.2, -0.15) is 0 Å². The lowest BCUT2D eigenvalue weighted by molar-refractivity contribution is 0.112. The zero-order valence-electron chi connectivity index (χ0n) is 10.4. The van der Waals surface area contributed by atoms with E-state index < -0.39 is 0 Å². The number of carbonyl (C=O) groups is 1. The first-order valence-electron chi connectivity index (χ1n) is 5.88. The van der Waals surface area contributed by atoms with Gasteiger partial charge in [-0.1, -0.05) is 0 Å². The van der Waals surface area contributed by atoms with Crippen LogP contribution in [0.3, 0.4) is 0 Å². The van der Waals surface area contributed by atoms with E-state index >= 15 is 0 Å². The van der Waals surface area contributed by atoms with Crippen LogP contribution in [0.5, 0.6) is 5.75 Å². The fourth-order valence-corrected chi connectivity index (χ4v) is 2.05. The third-order valence-corrected chi connectivity index (χ3v) is 3.06. The number of carbonyl (C=O) groups excluding carboxylic acids is 1. The van der Waals surface area contributed by atoms with E-state index in [1.165, 1.54) is 0 Å². The molecular formula is C15H12N2O2. The van der Waals surface area contributed by atoms with Crippen molar-refractivity contribution in [2.45, 2.75) is 0 Å². The summed E-state index contributed by atoms with van der Waals surface area (Å²) in [7, 11) is 1.64. The van der Waals surface area contributed by atoms with Gasteiger partial charge in [0.05, 0.1) is 19.0 Å². The fraction of sp³-hybridized carbons (Fsp3) is 0.0667. The molecule has 0 fully saturated rings. The second-order valence-electron chi connectivity index (χ2n) is 4.18. The first-order chi connectivity index (χ1) is 9.31. The molecule has 0 saturated heterocycles. The number of pyridine rings is 1. The Morgan fingerprint density at radius 2 is 2.00 bits per heavy atom. The molecule has 3 aromatic rings. The smallest absolute Gasteiger partial charge is 0.150 e. The van der Waals surface area contributed by atoms with Crippen molar-refractivity contribution in [3.05, 3.63) is 54.4 Å². The zero-order chi connectivity index (χ0) is 13.2. The summed E-state index contributed by atoms with van der Waals surface area (Å²) >= 11 is 0. The highest BCUT2D eigenvalue weighted by atomic mass is 16.5. The summed E-state index contributed by atoms with van der Waals surface area (Å²) in [4.78, 5) is 15.1. The summed E-state index contributed by atoms with van der Waals surface area (Å²) in [6, 6.07) is 11.3. The van der Waals surface area contributed by atoms with Crippen LogP contribution in [0, 0.1) is 0 Å². The molecule has 0 atom stereocenters. The molecular weight excluding hydrogens is 240 g/mol. The van der Waals surface area contributed by atoms with E-state index in [4.69, 9.17) is 4.74 Å². The first kappa shape index (κ1) is 11.5. The third-order valence-electron chi connectivity index (χ3n) is 3.06. The van der Waals surface area contributed by atoms with Crippen LogP contribution in [-0.4, -0.2) is 22.8 Å². The highest BCUT2D eigenvalue weighted by Crippen LogP contribution is 2.23. The number of hydrogen-bond donors (Lipinski definition) is 0. The molecule has 0 radical (unpaired) electrons. The maximum absolute atomic E-state index is 10.7. The Labute approximate surface area is 110 Å². The standard InChI is InChI=1S/C15H12N2O2/c1-19-13-4-2-12(3-5-13)14-9-16-15-8-11(10-18)6-7-17(14)15/h2-10H,1H3. The van der Waals surface area contributed by atoms with Crippen molar-refractivity contribution in [1.29, 1.82) is 0 Å². The van der Waals surface area contributed by atoms with Gasteiger partial charge in [-0.25, -0.2) is 4.98 Å². The Hall–Kier alpha value is -2.62. The number of benzene rings is 1. The molecule has 0 spiro atoms. The number of aldehydes is 1. The van der Waals surface area contributed by atoms with Gasteiger partial charge in [0.1, 0.15) is 17.7 Å². The molecule has 4 nitrogen and oxygen atoms in total. The molecule has 1 aromatic carbocycles. The van der Waals surface area contributed by atoms with Crippen molar-refractivity contribution in [1.82, 2.24) is 9.38 Å². The topological polar surface area (TPSA) is 43.6 Å². The summed E-state index contributed by atoms with van der Waals surface area (Å²) < 4.78 is 7.10. The number of fused-ring (bicyclic) bond motifs is 1. The second kappa shape index (κ2) is 4.57. The minimum absolute atomic E-state index is 0.624. The molecule has 19 heavy (non-hydrogen) atoms. The van der Waals surface area contributed by atoms with Gasteiger partial charge in [0, 0.05) is 17.3 Å². The minimum Gasteiger partial charge on any atom is -0.497 e. The van der Waals surface area contributed by atoms with Crippen molar-refractivity contribution in [3.63, 3.8) is 0 Å². The minimum atomic E-state index is 0.624. The van der Waals surface area contributed by atoms with Crippen LogP contribution in [0.15, 0.2) is 48.8 Å². The van der Waals surface area contributed by atoms with E-state index in [2.05, 4.69) is 4.98 Å². The number of ether oxygens (including phenoxy) is 1. The molecule has 2 heterocycles. The Balaban J connectivity index is 2.11. The Bertz CT molecular complexity index is 729. The Morgan fingerprint density at radius 1 is 1.21 bits per heavy atom. The van der Waals surface area contributed by atoms with Gasteiger partial charge < -0.3 is 4.74 Å². The van der Waals surface area contributed by atoms with Crippen LogP contribution in [-0.2, 0) is 0 Å². The molecule has 0 bridgehead atoms. The van der Waals surface area contributed by atoms with Gasteiger partial charge in [0.25, 0.3) is 0 Å². The fourth-order valence-electron chi connectivity index (χ4n) is 2.05. The summed E-state index contributed by atoms with van der Waals surface area (Å²) in [6.07, 6.45) is 4.47. The molecule has 0 aliphatic rings. The van der Waals surface area contributed by atoms with E-state index in [1.54, 1.807) is 25.4 Å². The quantitative estimate of drug-likeness (QED) is 0.673. The second-order valence-corrected chi connectivity index (χ2v) is 4.18. The molecule has 0 N–H and O–H groups in total. The van der Waals surface area contributed by atoms with Gasteiger partial charge >= 0.3 is 0 Å². The largest absolute Gasteiger partial charge is 0.497 e. The van der Waals surface area contributed by atoms with Crippen LogP contribution >= 0.6 is 0 Å². The van der Waals surface area contributed by atoms with Crippen LogP contribution in [0.25, 0.3) is 16.9 Å². The average Bonchev–Trinajstić information content (AvgIpc) is 2.90. The van der Waals surface area contributed by atoms with E-state index in [9.17, 15) is 4.79 Å². The predicted molar refractivity (Wildman–Crippen MR) is 72.6 cm³/mol. The van der Waals surface area contributed by atoms with Gasteiger partial charge in [0.2, 0.25) is 0 Å². The third kappa shape index (κ3) is 1.97. The van der Waals surface area contributed by atoms with E-state index in [0.717, 1.165) is 28.9 Å². The lowest BCUT2D eigenvalue weighted by atomic mass is 10.1. The zero-order valence-corrected chi connectivity index (χ0v) is 10.4. The molecule has 0 amide bonds. The number of hydrogen-bond acceptors (Lipinski definition) is 3. The summed E-state index contributed by atoms with van der Waals surface area (Å²) in [6.45, 7) is 0. The summed E-state index contributed by atoms with van der Waals surface area (Å²) in [5.74, 6) is 0.820. The first-order valence-corrected chi connectivity index (χ1v) is 5.88. The molecule has 0 aliphatic heterocycles. The molecule has 0 saturated carbocycles. The number of nitrogens with zero attached hydrogens (tertiary/aromatic N) is 2.